The van der Waals surface area contributed by atoms with Gasteiger partial charge in [0, 0.05) is 49.6 Å². The molecule has 0 spiro atoms. The molecule has 1 aromatic heterocycles. The van der Waals surface area contributed by atoms with Crippen LogP contribution in [0.4, 0.5) is 22.0 Å². The van der Waals surface area contributed by atoms with Crippen LogP contribution >= 0.6 is 147 Å². The van der Waals surface area contributed by atoms with Crippen LogP contribution < -0.4 is 132 Å². The number of para-hydroxylation sites is 1. The number of nitrogens with zero attached hydrogens (tertiary/aromatic N) is 1. The molecule has 0 saturated carbocycles. The Morgan fingerprint density at radius 1 is 0.450 bits per heavy atom. The number of furan rings is 1. The summed E-state index contributed by atoms with van der Waals surface area (Å²) < 4.78 is 103. The van der Waals surface area contributed by atoms with E-state index in [2.05, 4.69) is 189 Å². The molecular formula is C97H77B3Br7Cl2F5K2NO11S. The largest absolute Gasteiger partial charge is 1.00 e. The van der Waals surface area contributed by atoms with Gasteiger partial charge in [-0.15, -0.1) is 70.5 Å². The number of fused-ring (bicyclic) bond motifs is 9. The van der Waals surface area contributed by atoms with E-state index < -0.39 is 14.3 Å². The zero-order valence-corrected chi connectivity index (χ0v) is 89.4. The number of carbonyl (C=O) groups excluding carboxylic acids is 1. The third-order valence-corrected chi connectivity index (χ3v) is 21.2. The fraction of sp³-hybridized carbons (Fsp3) is 0.0619. The third-order valence-electron chi connectivity index (χ3n) is 18.2. The summed E-state index contributed by atoms with van der Waals surface area (Å²) in [4.78, 5) is 11.2. The van der Waals surface area contributed by atoms with Crippen molar-refractivity contribution in [2.75, 3.05) is 40.9 Å². The number of alkyl halides is 3. The number of methoxy groups -OCH3 is 4. The number of aromatic hydroxyl groups is 1. The summed E-state index contributed by atoms with van der Waals surface area (Å²) in [6, 6.07) is 102. The molecule has 0 fully saturated rings. The van der Waals surface area contributed by atoms with E-state index in [-0.39, 0.29) is 148 Å². The maximum Gasteiger partial charge on any atom is 1.00 e. The first-order valence-electron chi connectivity index (χ1n) is 38.0. The predicted molar refractivity (Wildman–Crippen MR) is 544 cm³/mol. The van der Waals surface area contributed by atoms with Gasteiger partial charge in [0.2, 0.25) is 0 Å². The standard InChI is InChI=1S/C17H12BrFO.C17H13FO.C16H10BrFO.C16H9BrO.C11H11BO3.C11H10O.C6H4BrF.CH2Cl2.CH3F.CH2O3.BBr3.BHNS.2K.H/c1-20-17-14(13-8-4-5-9-15(13)19)10-11-6-2-3-7-12(11)16(17)18;1-19-17-11-13-7-3-2-6-12(13)10-15(17)14-8-4-5-9-16(14)18;17-15-11-6-2-1-5-10(11)9-13(16(15)19)12-7-3-4-8-14(12)18;17-15-11-6-2-1-5-10(11)9-13-12-7-3-4-8-14(12)18-16(13)15;1-15-11-7-9-5-3-2-4-8(9)6-10(11)12(13)14;1-12-11-7-6-9-4-2-3-5-10(9)8-11;7-5-3-1-2-4-6(5)8;2-1-3;1-2;2-1-4-3;2-1(3)4;1-2-3;;;/h2-10H,1H3;2-11H,1H3;1-9,19H;1-9H;2-7,13-14H,1H3;2-8H,1H3;1-4H;1H2;1H3;1,3H;;3H;;;/q;;;;;;;;;;;;2*+1;-1/p-1/i;;;;;;;;1D;;;;;;. The maximum atomic E-state index is 14.1. The zero-order valence-electron chi connectivity index (χ0n) is 71.7. The first kappa shape index (κ1) is 111. The van der Waals surface area contributed by atoms with Crippen LogP contribution in [0.2, 0.25) is 0 Å². The van der Waals surface area contributed by atoms with Crippen LogP contribution in [0.15, 0.2) is 354 Å². The van der Waals surface area contributed by atoms with Gasteiger partial charge >= 0.3 is 138 Å². The molecule has 0 bridgehead atoms. The quantitative estimate of drug-likeness (QED) is 0.0206. The minimum absolute atomic E-state index is 0. The topological polar surface area (TPSA) is 172 Å². The Labute approximate surface area is 907 Å². The van der Waals surface area contributed by atoms with Crippen molar-refractivity contribution in [2.24, 2.45) is 4.30 Å². The summed E-state index contributed by atoms with van der Waals surface area (Å²) in [5.41, 5.74) is 5.75. The molecule has 18 rings (SSSR count). The van der Waals surface area contributed by atoms with Crippen LogP contribution in [-0.2, 0) is 9.68 Å². The van der Waals surface area contributed by atoms with Crippen LogP contribution in [0.1, 0.15) is 2.80 Å². The van der Waals surface area contributed by atoms with E-state index in [4.69, 9.17) is 58.0 Å². The van der Waals surface area contributed by atoms with E-state index in [1.807, 2.05) is 176 Å². The fourth-order valence-electron chi connectivity index (χ4n) is 12.6. The molecule has 18 aromatic rings. The number of phenolic OH excluding ortho intramolecular Hbond substituents is 1. The van der Waals surface area contributed by atoms with Gasteiger partial charge in [0.05, 0.1) is 60.2 Å². The maximum absolute atomic E-state index is 14.1. The van der Waals surface area contributed by atoms with E-state index in [1.54, 1.807) is 100 Å². The zero-order chi connectivity index (χ0) is 93.2. The van der Waals surface area contributed by atoms with Crippen molar-refractivity contribution in [1.29, 1.82) is 0 Å². The number of hydrogen-bond acceptors (Lipinski definition) is 13. The van der Waals surface area contributed by atoms with Crippen LogP contribution in [-0.4, -0.2) is 80.5 Å². The van der Waals surface area contributed by atoms with Gasteiger partial charge in [-0.05, 0) is 213 Å². The van der Waals surface area contributed by atoms with Crippen molar-refractivity contribution in [2.45, 2.75) is 0 Å². The minimum Gasteiger partial charge on any atom is -1.00 e. The first-order valence-corrected chi connectivity index (χ1v) is 44.7. The van der Waals surface area contributed by atoms with Crippen molar-refractivity contribution >= 4 is 263 Å². The molecule has 1 radical (unpaired) electrons. The number of thiol groups is 1. The molecule has 17 aromatic carbocycles. The number of hydrogen-bond donors (Lipinski definition) is 4. The third kappa shape index (κ3) is 33.3. The van der Waals surface area contributed by atoms with Gasteiger partial charge in [0.15, 0.2) is 0 Å². The molecule has 0 aliphatic carbocycles. The van der Waals surface area contributed by atoms with E-state index >= 15 is 0 Å². The molecule has 32 heteroatoms. The molecule has 0 amide bonds. The van der Waals surface area contributed by atoms with Crippen LogP contribution in [0.5, 0.6) is 28.7 Å². The number of carbonyl (C=O) groups is 1. The number of benzene rings is 17. The van der Waals surface area contributed by atoms with Crippen LogP contribution in [0.25, 0.3) is 120 Å². The van der Waals surface area contributed by atoms with Gasteiger partial charge in [-0.3, -0.25) is 9.18 Å². The fourth-order valence-corrected chi connectivity index (χ4v) is 14.9. The number of rotatable bonds is 9. The molecule has 0 saturated heterocycles. The van der Waals surface area contributed by atoms with Gasteiger partial charge in [0.25, 0.3) is 6.47 Å². The van der Waals surface area contributed by atoms with Crippen LogP contribution in [0.3, 0.4) is 0 Å². The summed E-state index contributed by atoms with van der Waals surface area (Å²) in [7, 11) is 8.22. The molecule has 0 aliphatic heterocycles. The normalized spacial score (nSPS) is 9.91. The average molecular weight is 2300 g/mol. The molecular weight excluding hydrogens is 2220 g/mol. The summed E-state index contributed by atoms with van der Waals surface area (Å²) in [5, 5.41) is 52.5. The Morgan fingerprint density at radius 2 is 0.791 bits per heavy atom. The van der Waals surface area contributed by atoms with Crippen LogP contribution in [0, 0.1) is 23.3 Å². The summed E-state index contributed by atoms with van der Waals surface area (Å²) in [5.74, 6) is 1.73. The molecule has 0 unspecified atom stereocenters. The Balaban J connectivity index is 0.000000312. The van der Waals surface area contributed by atoms with Crippen molar-refractivity contribution in [1.82, 2.24) is 0 Å². The number of phenols is 1. The van der Waals surface area contributed by atoms with E-state index in [1.165, 1.54) is 58.3 Å². The Kier molecular flexibility index (Phi) is 52.5. The summed E-state index contributed by atoms with van der Waals surface area (Å²) in [6.07, 6.45) is 0. The SMILES string of the molecule is BrB(Br)Br.Brc1c2ccccc2cc2c1oc1ccccc12.COc1c(-c2ccccc2F)cc2ccccc2c1Br.COc1cc2ccccc2cc1-c1ccccc1F.COc1cc2ccccc2cc1B(O)O.COc1ccc2ccccc2c1.ClCCl.Fc1ccccc1Br.O=CO[O-].Oc1c(-c2ccccc2F)cc2ccccc2c1Br.[2H]CF.[B]=NS.[H-].[K+].[K+]. The second-order valence-corrected chi connectivity index (χ2v) is 36.3. The Hall–Kier alpha value is -6.34. The molecule has 1 heterocycles. The molecule has 651 valence electrons. The molecule has 0 aliphatic rings. The first-order chi connectivity index (χ1) is 61.8. The minimum atomic E-state index is -1.51. The molecule has 0 atom stereocenters. The Morgan fingerprint density at radius 3 is 1.22 bits per heavy atom. The van der Waals surface area contributed by atoms with Gasteiger partial charge in [-0.2, -0.15) is 0 Å². The van der Waals surface area contributed by atoms with Gasteiger partial charge < -0.3 is 50.1 Å². The summed E-state index contributed by atoms with van der Waals surface area (Å²) >= 11 is 35.7. The summed E-state index contributed by atoms with van der Waals surface area (Å²) in [6.45, 7) is -0.181. The van der Waals surface area contributed by atoms with Gasteiger partial charge in [0.1, 0.15) is 63.2 Å². The van der Waals surface area contributed by atoms with Crippen molar-refractivity contribution in [3.8, 4) is 62.1 Å². The predicted octanol–water partition coefficient (Wildman–Crippen LogP) is 23.6. The number of ether oxygens (including phenoxy) is 4. The smallest absolute Gasteiger partial charge is 1.00 e. The van der Waals surface area contributed by atoms with Crippen molar-refractivity contribution in [3.63, 3.8) is 0 Å². The van der Waals surface area contributed by atoms with E-state index in [9.17, 15) is 37.1 Å². The van der Waals surface area contributed by atoms with Crippen molar-refractivity contribution in [3.05, 3.63) is 369 Å². The van der Waals surface area contributed by atoms with E-state index in [0.29, 0.717) is 53.9 Å². The number of halogens is 14. The second kappa shape index (κ2) is 60.8. The van der Waals surface area contributed by atoms with E-state index in [0.717, 1.165) is 85.5 Å². The van der Waals surface area contributed by atoms with Crippen molar-refractivity contribution < 1.29 is 181 Å². The molecule has 3 N–H and O–H groups in total. The Bertz CT molecular complexity index is 6630. The molecule has 129 heavy (non-hydrogen) atoms. The van der Waals surface area contributed by atoms with Gasteiger partial charge in [-0.25, -0.2) is 17.6 Å². The van der Waals surface area contributed by atoms with Gasteiger partial charge in [-0.1, -0.05) is 243 Å². The molecule has 12 nitrogen and oxygen atoms in total. The monoisotopic (exact) mass is 2290 g/mol. The second-order valence-electron chi connectivity index (χ2n) is 25.6. The average Bonchev–Trinajstić information content (AvgIpc) is 1.62.